The van der Waals surface area contributed by atoms with E-state index in [1.807, 2.05) is 0 Å². The van der Waals surface area contributed by atoms with Crippen molar-refractivity contribution in [3.05, 3.63) is 35.1 Å². The number of anilines is 1. The lowest BCUT2D eigenvalue weighted by atomic mass is 10.1. The molecule has 1 aliphatic heterocycles. The van der Waals surface area contributed by atoms with E-state index < -0.39 is 30.3 Å². The lowest BCUT2D eigenvalue weighted by molar-refractivity contribution is -0.114. The van der Waals surface area contributed by atoms with Crippen LogP contribution in [0.15, 0.2) is 29.4 Å². The Balaban J connectivity index is 2.16. The van der Waals surface area contributed by atoms with Crippen molar-refractivity contribution in [2.24, 2.45) is 0 Å². The summed E-state index contributed by atoms with van der Waals surface area (Å²) in [6, 6.07) is 1.34. The Bertz CT molecular complexity index is 662. The number of halogens is 1. The number of rotatable bonds is 5. The lowest BCUT2D eigenvalue weighted by Crippen LogP contribution is -2.33. The molecule has 23 heavy (non-hydrogen) atoms. The minimum atomic E-state index is -1.82. The Kier molecular flexibility index (Phi) is 5.12. The number of nitrogens with one attached hydrogen (secondary N) is 1. The summed E-state index contributed by atoms with van der Waals surface area (Å²) in [5.74, 6) is 0.0654. The molecule has 9 heteroatoms. The molecule has 1 aromatic heterocycles. The van der Waals surface area contributed by atoms with Gasteiger partial charge in [-0.05, 0) is 13.0 Å². The van der Waals surface area contributed by atoms with Crippen LogP contribution in [-0.2, 0) is 14.3 Å². The fraction of sp³-hybridized carbons (Fsp3) is 0.500. The lowest BCUT2D eigenvalue weighted by Gasteiger charge is -2.16. The van der Waals surface area contributed by atoms with E-state index in [9.17, 15) is 19.1 Å². The third-order valence-corrected chi connectivity index (χ3v) is 3.20. The summed E-state index contributed by atoms with van der Waals surface area (Å²) in [6.45, 7) is 6.33. The molecule has 4 unspecified atom stereocenters. The van der Waals surface area contributed by atoms with E-state index in [0.29, 0.717) is 5.76 Å². The van der Waals surface area contributed by atoms with Gasteiger partial charge in [-0.1, -0.05) is 6.58 Å². The van der Waals surface area contributed by atoms with Gasteiger partial charge in [-0.3, -0.25) is 9.36 Å². The van der Waals surface area contributed by atoms with E-state index in [0.717, 1.165) is 4.57 Å². The third kappa shape index (κ3) is 3.93. The Morgan fingerprint density at radius 1 is 1.61 bits per heavy atom. The highest BCUT2D eigenvalue weighted by Crippen LogP contribution is 2.31. The monoisotopic (exact) mass is 327 g/mol. The summed E-state index contributed by atoms with van der Waals surface area (Å²) in [4.78, 5) is 26.5. The molecule has 1 saturated heterocycles. The summed E-state index contributed by atoms with van der Waals surface area (Å²) in [5.41, 5.74) is -0.808. The first-order valence-corrected chi connectivity index (χ1v) is 6.92. The van der Waals surface area contributed by atoms with Crippen LogP contribution in [0.25, 0.3) is 0 Å². The molecule has 0 radical (unpaired) electrons. The minimum Gasteiger partial charge on any atom is -0.496 e. The number of aliphatic hydroxyl groups excluding tert-OH is 1. The summed E-state index contributed by atoms with van der Waals surface area (Å²) in [5, 5.41) is 12.2. The van der Waals surface area contributed by atoms with E-state index in [1.165, 1.54) is 19.2 Å². The van der Waals surface area contributed by atoms with Crippen LogP contribution in [0.1, 0.15) is 20.1 Å². The molecule has 2 rings (SSSR count). The second-order valence-corrected chi connectivity index (χ2v) is 5.20. The molecule has 1 fully saturated rings. The van der Waals surface area contributed by atoms with Crippen molar-refractivity contribution in [1.82, 2.24) is 9.55 Å². The third-order valence-electron chi connectivity index (χ3n) is 3.20. The first-order chi connectivity index (χ1) is 10.8. The van der Waals surface area contributed by atoms with Crippen LogP contribution in [0.4, 0.5) is 10.2 Å². The first-order valence-electron chi connectivity index (χ1n) is 6.92. The van der Waals surface area contributed by atoms with Crippen LogP contribution >= 0.6 is 0 Å². The molecule has 0 spiro atoms. The molecule has 2 heterocycles. The fourth-order valence-electron chi connectivity index (χ4n) is 2.15. The number of nitrogens with zero attached hydrogens (tertiary/aromatic N) is 2. The van der Waals surface area contributed by atoms with Crippen LogP contribution in [0.2, 0.25) is 0 Å². The van der Waals surface area contributed by atoms with Crippen LogP contribution in [0.3, 0.4) is 0 Å². The number of aromatic nitrogens is 2. The van der Waals surface area contributed by atoms with Gasteiger partial charge in [0.05, 0.1) is 5.76 Å². The quantitative estimate of drug-likeness (QED) is 0.757. The molecular weight excluding hydrogens is 309 g/mol. The molecular formula is C14H18FN3O5. The summed E-state index contributed by atoms with van der Waals surface area (Å²) >= 11 is 0. The van der Waals surface area contributed by atoms with Gasteiger partial charge < -0.3 is 19.9 Å². The van der Waals surface area contributed by atoms with E-state index >= 15 is 0 Å². The first kappa shape index (κ1) is 17.1. The van der Waals surface area contributed by atoms with Crippen LogP contribution in [0, 0.1) is 0 Å². The molecule has 0 aromatic carbocycles. The summed E-state index contributed by atoms with van der Waals surface area (Å²) in [6.07, 6.45) is -4.28. The largest absolute Gasteiger partial charge is 0.496 e. The summed E-state index contributed by atoms with van der Waals surface area (Å²) in [7, 11) is 0. The zero-order valence-electron chi connectivity index (χ0n) is 12.7. The molecule has 0 aliphatic carbocycles. The second kappa shape index (κ2) is 6.88. The highest BCUT2D eigenvalue weighted by atomic mass is 19.1. The van der Waals surface area contributed by atoms with Gasteiger partial charge in [0.25, 0.3) is 0 Å². The average Bonchev–Trinajstić information content (AvgIpc) is 2.73. The van der Waals surface area contributed by atoms with E-state index in [-0.39, 0.29) is 18.3 Å². The van der Waals surface area contributed by atoms with Crippen molar-refractivity contribution in [2.45, 2.75) is 38.5 Å². The van der Waals surface area contributed by atoms with Crippen molar-refractivity contribution in [1.29, 1.82) is 0 Å². The number of aliphatic hydroxyl groups is 1. The summed E-state index contributed by atoms with van der Waals surface area (Å²) < 4.78 is 25.6. The van der Waals surface area contributed by atoms with Gasteiger partial charge in [0.2, 0.25) is 5.91 Å². The predicted molar refractivity (Wildman–Crippen MR) is 78.4 cm³/mol. The fourth-order valence-corrected chi connectivity index (χ4v) is 2.15. The van der Waals surface area contributed by atoms with E-state index in [2.05, 4.69) is 16.9 Å². The topological polar surface area (TPSA) is 103 Å². The Hall–Kier alpha value is -2.26. The van der Waals surface area contributed by atoms with E-state index in [1.54, 1.807) is 6.92 Å². The van der Waals surface area contributed by atoms with Gasteiger partial charge in [0.15, 0.2) is 12.4 Å². The maximum atomic E-state index is 14.2. The van der Waals surface area contributed by atoms with Crippen molar-refractivity contribution in [2.75, 3.05) is 11.9 Å². The smallest absolute Gasteiger partial charge is 0.351 e. The molecule has 4 atom stereocenters. The van der Waals surface area contributed by atoms with Crippen LogP contribution in [0.5, 0.6) is 0 Å². The zero-order valence-corrected chi connectivity index (χ0v) is 12.7. The standard InChI is InChI=1S/C14H18FN3O5/c1-7(2)22-6-9-12(20)11(15)13(23-9)18-5-4-10(16-8(3)19)17-14(18)21/h4-5,9,11-13,20H,1,6H2,2-3H3,(H,16,17,19,21). The second-order valence-electron chi connectivity index (χ2n) is 5.20. The van der Waals surface area contributed by atoms with Crippen LogP contribution in [-0.4, -0.2) is 45.6 Å². The van der Waals surface area contributed by atoms with Crippen molar-refractivity contribution in [3.63, 3.8) is 0 Å². The van der Waals surface area contributed by atoms with Gasteiger partial charge in [0.1, 0.15) is 24.6 Å². The molecule has 1 aromatic rings. The Labute approximate surface area is 131 Å². The van der Waals surface area contributed by atoms with Gasteiger partial charge in [-0.25, -0.2) is 9.18 Å². The number of alkyl halides is 1. The highest BCUT2D eigenvalue weighted by molar-refractivity contribution is 5.87. The molecule has 126 valence electrons. The van der Waals surface area contributed by atoms with E-state index in [4.69, 9.17) is 9.47 Å². The minimum absolute atomic E-state index is 0.0508. The number of hydrogen-bond donors (Lipinski definition) is 2. The normalized spacial score (nSPS) is 26.8. The molecule has 1 aliphatic rings. The van der Waals surface area contributed by atoms with Gasteiger partial charge >= 0.3 is 5.69 Å². The Morgan fingerprint density at radius 2 is 2.30 bits per heavy atom. The zero-order chi connectivity index (χ0) is 17.1. The van der Waals surface area contributed by atoms with Crippen molar-refractivity contribution in [3.8, 4) is 0 Å². The number of hydrogen-bond acceptors (Lipinski definition) is 6. The van der Waals surface area contributed by atoms with Crippen molar-refractivity contribution < 1.29 is 23.8 Å². The van der Waals surface area contributed by atoms with Gasteiger partial charge in [0, 0.05) is 13.1 Å². The maximum absolute atomic E-state index is 14.2. The predicted octanol–water partition coefficient (Wildman–Crippen LogP) is 0.348. The maximum Gasteiger partial charge on any atom is 0.351 e. The number of allylic oxidation sites excluding steroid dienone is 1. The molecule has 0 saturated carbocycles. The SMILES string of the molecule is C=C(C)OCC1OC(n2ccc(NC(C)=O)nc2=O)C(F)C1O. The Morgan fingerprint density at radius 3 is 2.87 bits per heavy atom. The molecule has 0 bridgehead atoms. The number of carbonyl (C=O) groups is 1. The number of carbonyl (C=O) groups excluding carboxylic acids is 1. The van der Waals surface area contributed by atoms with Crippen molar-refractivity contribution >= 4 is 11.7 Å². The van der Waals surface area contributed by atoms with Gasteiger partial charge in [-0.15, -0.1) is 0 Å². The van der Waals surface area contributed by atoms with Gasteiger partial charge in [-0.2, -0.15) is 4.98 Å². The highest BCUT2D eigenvalue weighted by Gasteiger charge is 2.46. The average molecular weight is 327 g/mol. The van der Waals surface area contributed by atoms with Crippen LogP contribution < -0.4 is 11.0 Å². The molecule has 2 N–H and O–H groups in total. The molecule has 1 amide bonds. The number of amides is 1. The molecule has 8 nitrogen and oxygen atoms in total. The number of ether oxygens (including phenoxy) is 2.